The Kier molecular flexibility index (Phi) is 3.44. The monoisotopic (exact) mass is 324 g/mol. The number of carbonyl (C=O) groups excluding carboxylic acids is 2. The van der Waals surface area contributed by atoms with Crippen molar-refractivity contribution in [2.75, 3.05) is 16.8 Å². The molecule has 124 valence electrons. The van der Waals surface area contributed by atoms with Crippen molar-refractivity contribution in [3.05, 3.63) is 46.4 Å². The van der Waals surface area contributed by atoms with Crippen LogP contribution in [0.5, 0.6) is 0 Å². The largest absolute Gasteiger partial charge is 0.466 e. The molecule has 5 nitrogen and oxygen atoms in total. The molecule has 0 bridgehead atoms. The number of aryl methyl sites for hydroxylation is 4. The maximum atomic E-state index is 12.5. The van der Waals surface area contributed by atoms with Crippen LogP contribution in [0.2, 0.25) is 0 Å². The number of hydrogen-bond acceptors (Lipinski definition) is 3. The van der Waals surface area contributed by atoms with Crippen molar-refractivity contribution in [3.8, 4) is 0 Å². The summed E-state index contributed by atoms with van der Waals surface area (Å²) in [6.07, 6.45) is 3.20. The molecule has 0 fully saturated rings. The van der Waals surface area contributed by atoms with Gasteiger partial charge >= 0.3 is 0 Å². The van der Waals surface area contributed by atoms with Gasteiger partial charge in [0.25, 0.3) is 5.91 Å². The van der Waals surface area contributed by atoms with E-state index in [9.17, 15) is 9.59 Å². The topological polar surface area (TPSA) is 62.6 Å². The van der Waals surface area contributed by atoms with Gasteiger partial charge in [-0.3, -0.25) is 9.59 Å². The first-order valence-corrected chi connectivity index (χ1v) is 8.37. The third-order valence-electron chi connectivity index (χ3n) is 4.82. The van der Waals surface area contributed by atoms with Gasteiger partial charge in [-0.1, -0.05) is 0 Å². The van der Waals surface area contributed by atoms with Crippen LogP contribution in [0, 0.1) is 13.8 Å². The van der Waals surface area contributed by atoms with Crippen LogP contribution < -0.4 is 10.2 Å². The molecule has 1 N–H and O–H groups in total. The van der Waals surface area contributed by atoms with Crippen molar-refractivity contribution >= 4 is 23.2 Å². The number of rotatable bonds is 2. The van der Waals surface area contributed by atoms with Crippen molar-refractivity contribution in [3.63, 3.8) is 0 Å². The highest BCUT2D eigenvalue weighted by Gasteiger charge is 2.29. The minimum absolute atomic E-state index is 0.156. The van der Waals surface area contributed by atoms with Gasteiger partial charge in [-0.05, 0) is 62.4 Å². The van der Waals surface area contributed by atoms with Gasteiger partial charge < -0.3 is 14.6 Å². The Labute approximate surface area is 140 Å². The molecule has 1 aromatic heterocycles. The molecular formula is C19H20N2O3. The van der Waals surface area contributed by atoms with Crippen LogP contribution in [-0.2, 0) is 17.6 Å². The SMILES string of the molecule is Cc1cc(C(=O)Nc2cc3c4c(c2)CCC(=O)N4CCC3)c(C)o1. The van der Waals surface area contributed by atoms with Crippen molar-refractivity contribution in [2.45, 2.75) is 39.5 Å². The van der Waals surface area contributed by atoms with E-state index in [0.717, 1.165) is 54.1 Å². The summed E-state index contributed by atoms with van der Waals surface area (Å²) < 4.78 is 5.44. The standard InChI is InChI=1S/C19H20N2O3/c1-11-8-16(12(2)24-11)19(23)20-15-9-13-4-3-7-21-17(22)6-5-14(10-15)18(13)21/h8-10H,3-7H2,1-2H3,(H,20,23). The second kappa shape index (κ2) is 5.51. The number of nitrogens with zero attached hydrogens (tertiary/aromatic N) is 1. The maximum absolute atomic E-state index is 12.5. The number of amides is 2. The second-order valence-electron chi connectivity index (χ2n) is 6.57. The summed E-state index contributed by atoms with van der Waals surface area (Å²) in [4.78, 5) is 26.5. The van der Waals surface area contributed by atoms with Gasteiger partial charge in [0.15, 0.2) is 0 Å². The van der Waals surface area contributed by atoms with E-state index < -0.39 is 0 Å². The molecule has 0 aliphatic carbocycles. The quantitative estimate of drug-likeness (QED) is 0.921. The maximum Gasteiger partial charge on any atom is 0.259 e. The fraction of sp³-hybridized carbons (Fsp3) is 0.368. The molecule has 1 aromatic carbocycles. The van der Waals surface area contributed by atoms with E-state index >= 15 is 0 Å². The molecule has 0 radical (unpaired) electrons. The molecule has 0 atom stereocenters. The van der Waals surface area contributed by atoms with Crippen molar-refractivity contribution in [2.24, 2.45) is 0 Å². The van der Waals surface area contributed by atoms with Crippen LogP contribution in [0.25, 0.3) is 0 Å². The van der Waals surface area contributed by atoms with Crippen LogP contribution in [0.4, 0.5) is 11.4 Å². The van der Waals surface area contributed by atoms with Crippen LogP contribution in [0.1, 0.15) is 45.8 Å². The lowest BCUT2D eigenvalue weighted by Gasteiger charge is -2.35. The number of carbonyl (C=O) groups is 2. The zero-order valence-electron chi connectivity index (χ0n) is 13.9. The number of nitrogens with one attached hydrogen (secondary N) is 1. The Hall–Kier alpha value is -2.56. The lowest BCUT2D eigenvalue weighted by Crippen LogP contribution is -2.39. The van der Waals surface area contributed by atoms with E-state index in [0.29, 0.717) is 17.7 Å². The summed E-state index contributed by atoms with van der Waals surface area (Å²) in [5.74, 6) is 1.41. The third-order valence-corrected chi connectivity index (χ3v) is 4.82. The van der Waals surface area contributed by atoms with Crippen molar-refractivity contribution in [1.82, 2.24) is 0 Å². The molecule has 0 spiro atoms. The Morgan fingerprint density at radius 2 is 1.88 bits per heavy atom. The minimum atomic E-state index is -0.156. The predicted octanol–water partition coefficient (Wildman–Crippen LogP) is 3.37. The number of hydrogen-bond donors (Lipinski definition) is 1. The van der Waals surface area contributed by atoms with Crippen LogP contribution >= 0.6 is 0 Å². The Morgan fingerprint density at radius 3 is 2.58 bits per heavy atom. The minimum Gasteiger partial charge on any atom is -0.466 e. The van der Waals surface area contributed by atoms with E-state index in [1.165, 1.54) is 0 Å². The summed E-state index contributed by atoms with van der Waals surface area (Å²) in [6, 6.07) is 5.76. The van der Waals surface area contributed by atoms with Crippen LogP contribution in [0.15, 0.2) is 22.6 Å². The lowest BCUT2D eigenvalue weighted by atomic mass is 9.91. The van der Waals surface area contributed by atoms with E-state index in [1.54, 1.807) is 13.0 Å². The average molecular weight is 324 g/mol. The van der Waals surface area contributed by atoms with E-state index in [2.05, 4.69) is 5.32 Å². The molecule has 0 unspecified atom stereocenters. The highest BCUT2D eigenvalue weighted by molar-refractivity contribution is 6.06. The van der Waals surface area contributed by atoms with Gasteiger partial charge in [0.05, 0.1) is 11.3 Å². The zero-order chi connectivity index (χ0) is 16.8. The fourth-order valence-corrected chi connectivity index (χ4v) is 3.78. The molecule has 0 saturated heterocycles. The third kappa shape index (κ3) is 2.40. The van der Waals surface area contributed by atoms with Gasteiger partial charge in [-0.2, -0.15) is 0 Å². The predicted molar refractivity (Wildman–Crippen MR) is 91.6 cm³/mol. The van der Waals surface area contributed by atoms with Crippen LogP contribution in [0.3, 0.4) is 0 Å². The molecule has 2 aliphatic heterocycles. The zero-order valence-corrected chi connectivity index (χ0v) is 13.9. The molecule has 4 rings (SSSR count). The van der Waals surface area contributed by atoms with Gasteiger partial charge in [-0.25, -0.2) is 0 Å². The van der Waals surface area contributed by atoms with Gasteiger partial charge in [0.1, 0.15) is 11.5 Å². The molecule has 24 heavy (non-hydrogen) atoms. The highest BCUT2D eigenvalue weighted by atomic mass is 16.3. The molecule has 5 heteroatoms. The first kappa shape index (κ1) is 15.0. The van der Waals surface area contributed by atoms with Gasteiger partial charge in [0.2, 0.25) is 5.91 Å². The molecule has 2 aliphatic rings. The molecule has 0 saturated carbocycles. The van der Waals surface area contributed by atoms with Gasteiger partial charge in [0, 0.05) is 18.7 Å². The summed E-state index contributed by atoms with van der Waals surface area (Å²) in [5, 5.41) is 2.98. The van der Waals surface area contributed by atoms with Crippen molar-refractivity contribution < 1.29 is 14.0 Å². The number of anilines is 2. The molecule has 2 amide bonds. The Bertz CT molecular complexity index is 833. The lowest BCUT2D eigenvalue weighted by molar-refractivity contribution is -0.119. The molecule has 3 heterocycles. The first-order chi connectivity index (χ1) is 11.5. The highest BCUT2D eigenvalue weighted by Crippen LogP contribution is 2.38. The first-order valence-electron chi connectivity index (χ1n) is 8.37. The summed E-state index contributed by atoms with van der Waals surface area (Å²) in [5.41, 5.74) is 4.74. The number of furan rings is 1. The fourth-order valence-electron chi connectivity index (χ4n) is 3.78. The Morgan fingerprint density at radius 1 is 1.12 bits per heavy atom. The summed E-state index contributed by atoms with van der Waals surface area (Å²) in [6.45, 7) is 4.43. The smallest absolute Gasteiger partial charge is 0.259 e. The van der Waals surface area contributed by atoms with E-state index in [4.69, 9.17) is 4.42 Å². The normalized spacial score (nSPS) is 16.1. The molecular weight excluding hydrogens is 304 g/mol. The van der Waals surface area contributed by atoms with Crippen LogP contribution in [-0.4, -0.2) is 18.4 Å². The Balaban J connectivity index is 1.67. The molecule has 2 aromatic rings. The number of benzene rings is 1. The van der Waals surface area contributed by atoms with Crippen molar-refractivity contribution in [1.29, 1.82) is 0 Å². The van der Waals surface area contributed by atoms with E-state index in [-0.39, 0.29) is 11.8 Å². The van der Waals surface area contributed by atoms with Gasteiger partial charge in [-0.15, -0.1) is 0 Å². The summed E-state index contributed by atoms with van der Waals surface area (Å²) >= 11 is 0. The second-order valence-corrected chi connectivity index (χ2v) is 6.57. The van der Waals surface area contributed by atoms with E-state index in [1.807, 2.05) is 24.0 Å². The average Bonchev–Trinajstić information content (AvgIpc) is 2.89. The summed E-state index contributed by atoms with van der Waals surface area (Å²) in [7, 11) is 0.